The van der Waals surface area contributed by atoms with Crippen LogP contribution >= 0.6 is 0 Å². The average Bonchev–Trinajstić information content (AvgIpc) is 2.75. The molecule has 0 N–H and O–H groups in total. The Morgan fingerprint density at radius 2 is 1.48 bits per heavy atom. The molecule has 150 valence electrons. The lowest BCUT2D eigenvalue weighted by Crippen LogP contribution is -2.49. The molecule has 1 aromatic heterocycles. The van der Waals surface area contributed by atoms with Crippen LogP contribution in [0, 0.1) is 12.7 Å². The summed E-state index contributed by atoms with van der Waals surface area (Å²) in [4.78, 5) is 2.12. The van der Waals surface area contributed by atoms with E-state index < -0.39 is 15.8 Å². The number of halogens is 1. The summed E-state index contributed by atoms with van der Waals surface area (Å²) in [6.45, 7) is 3.73. The van der Waals surface area contributed by atoms with Crippen molar-refractivity contribution in [1.29, 1.82) is 0 Å². The molecular weight excluding hydrogens is 391 g/mol. The molecule has 29 heavy (non-hydrogen) atoms. The summed E-state index contributed by atoms with van der Waals surface area (Å²) in [6.07, 6.45) is 0. The SMILES string of the molecule is Cc1ccc(-c2ccc(N3CCN(S(=O)(=O)c4ccc(F)cc4)CC3)nn2)cc1. The van der Waals surface area contributed by atoms with Crippen LogP contribution in [-0.2, 0) is 10.0 Å². The van der Waals surface area contributed by atoms with Gasteiger partial charge in [0.05, 0.1) is 10.6 Å². The summed E-state index contributed by atoms with van der Waals surface area (Å²) in [5.41, 5.74) is 2.99. The van der Waals surface area contributed by atoms with E-state index >= 15 is 0 Å². The average molecular weight is 412 g/mol. The van der Waals surface area contributed by atoms with Crippen LogP contribution in [0.1, 0.15) is 5.56 Å². The number of nitrogens with zero attached hydrogens (tertiary/aromatic N) is 4. The highest BCUT2D eigenvalue weighted by Gasteiger charge is 2.29. The second kappa shape index (κ2) is 7.88. The van der Waals surface area contributed by atoms with E-state index in [0.717, 1.165) is 29.2 Å². The van der Waals surface area contributed by atoms with Crippen molar-refractivity contribution in [2.24, 2.45) is 0 Å². The highest BCUT2D eigenvalue weighted by Crippen LogP contribution is 2.22. The molecule has 4 rings (SSSR count). The van der Waals surface area contributed by atoms with E-state index in [4.69, 9.17) is 0 Å². The zero-order chi connectivity index (χ0) is 20.4. The molecule has 1 aliphatic rings. The molecule has 0 saturated carbocycles. The van der Waals surface area contributed by atoms with Crippen molar-refractivity contribution in [2.75, 3.05) is 31.1 Å². The normalized spacial score (nSPS) is 15.4. The van der Waals surface area contributed by atoms with E-state index in [1.807, 2.05) is 48.2 Å². The fourth-order valence-electron chi connectivity index (χ4n) is 3.29. The lowest BCUT2D eigenvalue weighted by molar-refractivity contribution is 0.383. The second-order valence-electron chi connectivity index (χ2n) is 6.99. The predicted octanol–water partition coefficient (Wildman–Crippen LogP) is 3.10. The van der Waals surface area contributed by atoms with Gasteiger partial charge in [0.25, 0.3) is 0 Å². The molecule has 0 spiro atoms. The fourth-order valence-corrected chi connectivity index (χ4v) is 4.71. The van der Waals surface area contributed by atoms with Gasteiger partial charge in [0.15, 0.2) is 5.82 Å². The van der Waals surface area contributed by atoms with Crippen LogP contribution in [0.3, 0.4) is 0 Å². The Kier molecular flexibility index (Phi) is 5.29. The maximum Gasteiger partial charge on any atom is 0.243 e. The van der Waals surface area contributed by atoms with Crippen molar-refractivity contribution < 1.29 is 12.8 Å². The van der Waals surface area contributed by atoms with E-state index in [1.54, 1.807) is 0 Å². The molecule has 8 heteroatoms. The molecule has 6 nitrogen and oxygen atoms in total. The van der Waals surface area contributed by atoms with E-state index in [9.17, 15) is 12.8 Å². The Labute approximate surface area is 169 Å². The summed E-state index contributed by atoms with van der Waals surface area (Å²) in [6, 6.07) is 16.8. The molecule has 2 aromatic carbocycles. The highest BCUT2D eigenvalue weighted by atomic mass is 32.2. The smallest absolute Gasteiger partial charge is 0.243 e. The highest BCUT2D eigenvalue weighted by molar-refractivity contribution is 7.89. The summed E-state index contributed by atoms with van der Waals surface area (Å²) >= 11 is 0. The van der Waals surface area contributed by atoms with Crippen molar-refractivity contribution in [3.63, 3.8) is 0 Å². The minimum absolute atomic E-state index is 0.106. The number of aromatic nitrogens is 2. The van der Waals surface area contributed by atoms with Crippen molar-refractivity contribution >= 4 is 15.8 Å². The van der Waals surface area contributed by atoms with Crippen LogP contribution in [0.5, 0.6) is 0 Å². The predicted molar refractivity (Wildman–Crippen MR) is 110 cm³/mol. The molecule has 0 atom stereocenters. The second-order valence-corrected chi connectivity index (χ2v) is 8.93. The van der Waals surface area contributed by atoms with Crippen LogP contribution in [0.25, 0.3) is 11.3 Å². The van der Waals surface area contributed by atoms with Gasteiger partial charge in [0.2, 0.25) is 10.0 Å². The molecule has 1 fully saturated rings. The number of sulfonamides is 1. The zero-order valence-corrected chi connectivity index (χ0v) is 16.8. The summed E-state index contributed by atoms with van der Waals surface area (Å²) < 4.78 is 40.0. The monoisotopic (exact) mass is 412 g/mol. The number of aryl methyl sites for hydroxylation is 1. The third kappa shape index (κ3) is 4.13. The minimum Gasteiger partial charge on any atom is -0.352 e. The molecule has 0 radical (unpaired) electrons. The van der Waals surface area contributed by atoms with Crippen LogP contribution in [0.2, 0.25) is 0 Å². The van der Waals surface area contributed by atoms with Crippen molar-refractivity contribution in [1.82, 2.24) is 14.5 Å². The number of rotatable bonds is 4. The maximum atomic E-state index is 13.1. The van der Waals surface area contributed by atoms with Gasteiger partial charge in [-0.15, -0.1) is 10.2 Å². The molecular formula is C21H21FN4O2S. The first kappa shape index (κ1) is 19.5. The van der Waals surface area contributed by atoms with Crippen LogP contribution in [0.4, 0.5) is 10.2 Å². The van der Waals surface area contributed by atoms with E-state index in [0.29, 0.717) is 26.2 Å². The molecule has 0 unspecified atom stereocenters. The van der Waals surface area contributed by atoms with Gasteiger partial charge in [-0.1, -0.05) is 29.8 Å². The largest absolute Gasteiger partial charge is 0.352 e. The molecule has 0 bridgehead atoms. The van der Waals surface area contributed by atoms with Crippen LogP contribution < -0.4 is 4.90 Å². The summed E-state index contributed by atoms with van der Waals surface area (Å²) in [5.74, 6) is 0.265. The van der Waals surface area contributed by atoms with Gasteiger partial charge in [0.1, 0.15) is 5.82 Å². The zero-order valence-electron chi connectivity index (χ0n) is 16.0. The third-order valence-electron chi connectivity index (χ3n) is 5.01. The number of hydrogen-bond donors (Lipinski definition) is 0. The first-order valence-electron chi connectivity index (χ1n) is 9.35. The van der Waals surface area contributed by atoms with Gasteiger partial charge < -0.3 is 4.90 Å². The standard InChI is InChI=1S/C21H21FN4O2S/c1-16-2-4-17(5-3-16)20-10-11-21(24-23-20)25-12-14-26(15-13-25)29(27,28)19-8-6-18(22)7-9-19/h2-11H,12-15H2,1H3. The molecule has 0 amide bonds. The van der Waals surface area contributed by atoms with Gasteiger partial charge in [-0.05, 0) is 43.3 Å². The fraction of sp³-hybridized carbons (Fsp3) is 0.238. The molecule has 1 aliphatic heterocycles. The number of anilines is 1. The first-order valence-corrected chi connectivity index (χ1v) is 10.8. The topological polar surface area (TPSA) is 66.4 Å². The third-order valence-corrected chi connectivity index (χ3v) is 6.92. The Hall–Kier alpha value is -2.84. The van der Waals surface area contributed by atoms with Gasteiger partial charge in [-0.3, -0.25) is 0 Å². The van der Waals surface area contributed by atoms with E-state index in [-0.39, 0.29) is 4.90 Å². The Balaban J connectivity index is 1.43. The Bertz CT molecular complexity index is 1080. The lowest BCUT2D eigenvalue weighted by atomic mass is 10.1. The van der Waals surface area contributed by atoms with Gasteiger partial charge in [0, 0.05) is 31.7 Å². The number of hydrogen-bond acceptors (Lipinski definition) is 5. The number of piperazine rings is 1. The molecule has 0 aliphatic carbocycles. The van der Waals surface area contributed by atoms with Crippen LogP contribution in [0.15, 0.2) is 65.6 Å². The van der Waals surface area contributed by atoms with Gasteiger partial charge in [-0.2, -0.15) is 4.31 Å². The van der Waals surface area contributed by atoms with Crippen molar-refractivity contribution in [2.45, 2.75) is 11.8 Å². The minimum atomic E-state index is -3.63. The van der Waals surface area contributed by atoms with E-state index in [2.05, 4.69) is 10.2 Å². The van der Waals surface area contributed by atoms with Crippen molar-refractivity contribution in [3.8, 4) is 11.3 Å². The van der Waals surface area contributed by atoms with Gasteiger partial charge >= 0.3 is 0 Å². The maximum absolute atomic E-state index is 13.1. The lowest BCUT2D eigenvalue weighted by Gasteiger charge is -2.34. The van der Waals surface area contributed by atoms with Crippen molar-refractivity contribution in [3.05, 3.63) is 72.0 Å². The van der Waals surface area contributed by atoms with Crippen LogP contribution in [-0.4, -0.2) is 49.1 Å². The Morgan fingerprint density at radius 1 is 0.828 bits per heavy atom. The van der Waals surface area contributed by atoms with E-state index in [1.165, 1.54) is 22.0 Å². The molecule has 3 aromatic rings. The Morgan fingerprint density at radius 3 is 2.07 bits per heavy atom. The first-order chi connectivity index (χ1) is 13.9. The summed E-state index contributed by atoms with van der Waals surface area (Å²) in [5, 5.41) is 8.64. The molecule has 2 heterocycles. The quantitative estimate of drug-likeness (QED) is 0.659. The number of benzene rings is 2. The molecule has 1 saturated heterocycles. The van der Waals surface area contributed by atoms with Gasteiger partial charge in [-0.25, -0.2) is 12.8 Å². The summed E-state index contributed by atoms with van der Waals surface area (Å²) in [7, 11) is -3.63.